The molecule has 1 saturated carbocycles. The van der Waals surface area contributed by atoms with Crippen LogP contribution in [-0.4, -0.2) is 48.8 Å². The van der Waals surface area contributed by atoms with Gasteiger partial charge in [-0.25, -0.2) is 0 Å². The van der Waals surface area contributed by atoms with Gasteiger partial charge in [0.15, 0.2) is 0 Å². The van der Waals surface area contributed by atoms with Gasteiger partial charge in [0, 0.05) is 25.7 Å². The van der Waals surface area contributed by atoms with E-state index in [1.54, 1.807) is 0 Å². The van der Waals surface area contributed by atoms with Crippen LogP contribution in [0.4, 0.5) is 0 Å². The lowest BCUT2D eigenvalue weighted by Crippen LogP contribution is -2.37. The third-order valence-corrected chi connectivity index (χ3v) is 3.62. The molecule has 0 aromatic carbocycles. The van der Waals surface area contributed by atoms with Gasteiger partial charge < -0.3 is 15.3 Å². The van der Waals surface area contributed by atoms with Crippen molar-refractivity contribution in [2.45, 2.75) is 38.1 Å². The van der Waals surface area contributed by atoms with E-state index in [-0.39, 0.29) is 0 Å². The minimum absolute atomic E-state index is 0.343. The minimum Gasteiger partial charge on any atom is -0.396 e. The zero-order valence-electron chi connectivity index (χ0n) is 9.62. The number of nitrogens with one attached hydrogen (secondary N) is 1. The van der Waals surface area contributed by atoms with Crippen LogP contribution in [0.2, 0.25) is 0 Å². The molecule has 3 nitrogen and oxygen atoms in total. The molecular weight excluding hydrogens is 188 g/mol. The Bertz CT molecular complexity index is 176. The van der Waals surface area contributed by atoms with Crippen LogP contribution in [-0.2, 0) is 0 Å². The van der Waals surface area contributed by atoms with Gasteiger partial charge in [-0.2, -0.15) is 0 Å². The molecule has 0 atom stereocenters. The highest BCUT2D eigenvalue weighted by Gasteiger charge is 2.30. The van der Waals surface area contributed by atoms with Crippen LogP contribution in [0.3, 0.4) is 0 Å². The summed E-state index contributed by atoms with van der Waals surface area (Å²) in [6.45, 7) is 5.11. The molecular formula is C12H24N2O. The maximum absolute atomic E-state index is 8.89. The fraction of sp³-hybridized carbons (Fsp3) is 1.00. The molecule has 1 heterocycles. The Labute approximate surface area is 92.8 Å². The van der Waals surface area contributed by atoms with Gasteiger partial charge in [0.1, 0.15) is 0 Å². The average Bonchev–Trinajstić information content (AvgIpc) is 3.09. The number of hydrogen-bond acceptors (Lipinski definition) is 3. The molecule has 0 aromatic rings. The van der Waals surface area contributed by atoms with Crippen LogP contribution in [0, 0.1) is 5.92 Å². The van der Waals surface area contributed by atoms with E-state index < -0.39 is 0 Å². The van der Waals surface area contributed by atoms with E-state index in [0.29, 0.717) is 6.61 Å². The molecule has 2 rings (SSSR count). The molecule has 0 unspecified atom stereocenters. The Balaban J connectivity index is 1.72. The number of rotatable bonds is 6. The van der Waals surface area contributed by atoms with Crippen molar-refractivity contribution >= 4 is 0 Å². The third kappa shape index (κ3) is 3.74. The molecule has 15 heavy (non-hydrogen) atoms. The minimum atomic E-state index is 0.343. The molecule has 0 spiro atoms. The van der Waals surface area contributed by atoms with Crippen LogP contribution in [0.15, 0.2) is 0 Å². The quantitative estimate of drug-likeness (QED) is 0.684. The van der Waals surface area contributed by atoms with Gasteiger partial charge in [0.2, 0.25) is 0 Å². The Morgan fingerprint density at radius 3 is 2.47 bits per heavy atom. The van der Waals surface area contributed by atoms with E-state index >= 15 is 0 Å². The fourth-order valence-electron chi connectivity index (χ4n) is 2.53. The third-order valence-electron chi connectivity index (χ3n) is 3.62. The molecule has 0 radical (unpaired) electrons. The first kappa shape index (κ1) is 11.4. The highest BCUT2D eigenvalue weighted by atomic mass is 16.3. The van der Waals surface area contributed by atoms with Gasteiger partial charge in [0.25, 0.3) is 0 Å². The number of aliphatic hydroxyl groups is 1. The topological polar surface area (TPSA) is 35.5 Å². The average molecular weight is 212 g/mol. The van der Waals surface area contributed by atoms with E-state index in [0.717, 1.165) is 24.9 Å². The second kappa shape index (κ2) is 5.83. The predicted molar refractivity (Wildman–Crippen MR) is 61.9 cm³/mol. The lowest BCUT2D eigenvalue weighted by molar-refractivity contribution is 0.177. The molecule has 1 aliphatic carbocycles. The maximum atomic E-state index is 8.89. The summed E-state index contributed by atoms with van der Waals surface area (Å²) >= 11 is 0. The SMILES string of the molecule is OCCCN(CC1CCNCC1)C1CC1. The van der Waals surface area contributed by atoms with Crippen LogP contribution >= 0.6 is 0 Å². The summed E-state index contributed by atoms with van der Waals surface area (Å²) in [5.74, 6) is 0.894. The number of nitrogens with zero attached hydrogens (tertiary/aromatic N) is 1. The van der Waals surface area contributed by atoms with Gasteiger partial charge >= 0.3 is 0 Å². The van der Waals surface area contributed by atoms with Crippen molar-refractivity contribution in [2.24, 2.45) is 5.92 Å². The van der Waals surface area contributed by atoms with Crippen LogP contribution in [0.25, 0.3) is 0 Å². The number of hydrogen-bond donors (Lipinski definition) is 2. The smallest absolute Gasteiger partial charge is 0.0443 e. The molecule has 2 N–H and O–H groups in total. The molecule has 3 heteroatoms. The molecule has 0 bridgehead atoms. The Morgan fingerprint density at radius 2 is 1.87 bits per heavy atom. The first-order valence-electron chi connectivity index (χ1n) is 6.46. The first-order valence-corrected chi connectivity index (χ1v) is 6.46. The van der Waals surface area contributed by atoms with E-state index in [9.17, 15) is 0 Å². The molecule has 2 fully saturated rings. The molecule has 2 aliphatic rings. The number of aliphatic hydroxyl groups excluding tert-OH is 1. The monoisotopic (exact) mass is 212 g/mol. The standard InChI is InChI=1S/C12H24N2O/c15-9-1-8-14(12-2-3-12)10-11-4-6-13-7-5-11/h11-13,15H,1-10H2. The molecule has 1 saturated heterocycles. The van der Waals surface area contributed by atoms with Gasteiger partial charge in [-0.1, -0.05) is 0 Å². The van der Waals surface area contributed by atoms with Crippen molar-refractivity contribution in [1.82, 2.24) is 10.2 Å². The highest BCUT2D eigenvalue weighted by molar-refractivity contribution is 4.86. The van der Waals surface area contributed by atoms with Crippen molar-refractivity contribution in [1.29, 1.82) is 0 Å². The Kier molecular flexibility index (Phi) is 4.42. The Hall–Kier alpha value is -0.120. The van der Waals surface area contributed by atoms with Crippen molar-refractivity contribution in [3.05, 3.63) is 0 Å². The van der Waals surface area contributed by atoms with Crippen molar-refractivity contribution < 1.29 is 5.11 Å². The van der Waals surface area contributed by atoms with Gasteiger partial charge in [-0.05, 0) is 51.1 Å². The summed E-state index contributed by atoms with van der Waals surface area (Å²) in [6.07, 6.45) is 6.39. The zero-order valence-corrected chi connectivity index (χ0v) is 9.62. The molecule has 1 aliphatic heterocycles. The first-order chi connectivity index (χ1) is 7.40. The summed E-state index contributed by atoms with van der Waals surface area (Å²) in [4.78, 5) is 2.62. The lowest BCUT2D eigenvalue weighted by Gasteiger charge is -2.30. The number of piperidine rings is 1. The summed E-state index contributed by atoms with van der Waals surface area (Å²) in [5.41, 5.74) is 0. The van der Waals surface area contributed by atoms with E-state index in [2.05, 4.69) is 10.2 Å². The van der Waals surface area contributed by atoms with Crippen molar-refractivity contribution in [2.75, 3.05) is 32.8 Å². The summed E-state index contributed by atoms with van der Waals surface area (Å²) in [5, 5.41) is 12.3. The molecule has 0 aromatic heterocycles. The largest absolute Gasteiger partial charge is 0.396 e. The van der Waals surface area contributed by atoms with Gasteiger partial charge in [-0.15, -0.1) is 0 Å². The second-order valence-electron chi connectivity index (χ2n) is 5.00. The van der Waals surface area contributed by atoms with Crippen LogP contribution < -0.4 is 5.32 Å². The van der Waals surface area contributed by atoms with E-state index in [4.69, 9.17) is 5.11 Å². The summed E-state index contributed by atoms with van der Waals surface area (Å²) < 4.78 is 0. The predicted octanol–water partition coefficient (Wildman–Crippen LogP) is 0.833. The van der Waals surface area contributed by atoms with E-state index in [1.165, 1.54) is 45.3 Å². The van der Waals surface area contributed by atoms with Gasteiger partial charge in [0.05, 0.1) is 0 Å². The zero-order chi connectivity index (χ0) is 10.5. The lowest BCUT2D eigenvalue weighted by atomic mass is 9.97. The normalized spacial score (nSPS) is 23.6. The summed E-state index contributed by atoms with van der Waals surface area (Å²) in [6, 6.07) is 0.853. The van der Waals surface area contributed by atoms with Gasteiger partial charge in [-0.3, -0.25) is 0 Å². The van der Waals surface area contributed by atoms with Crippen molar-refractivity contribution in [3.8, 4) is 0 Å². The highest BCUT2D eigenvalue weighted by Crippen LogP contribution is 2.28. The maximum Gasteiger partial charge on any atom is 0.0443 e. The van der Waals surface area contributed by atoms with Crippen molar-refractivity contribution in [3.63, 3.8) is 0 Å². The Morgan fingerprint density at radius 1 is 1.13 bits per heavy atom. The van der Waals surface area contributed by atoms with E-state index in [1.807, 2.05) is 0 Å². The van der Waals surface area contributed by atoms with Crippen LogP contribution in [0.1, 0.15) is 32.1 Å². The molecule has 0 amide bonds. The summed E-state index contributed by atoms with van der Waals surface area (Å²) in [7, 11) is 0. The van der Waals surface area contributed by atoms with Crippen LogP contribution in [0.5, 0.6) is 0 Å². The second-order valence-corrected chi connectivity index (χ2v) is 5.00. The molecule has 88 valence electrons. The fourth-order valence-corrected chi connectivity index (χ4v) is 2.53.